The number of hydroxylamine groups is 2. The van der Waals surface area contributed by atoms with Crippen molar-refractivity contribution in [2.24, 2.45) is 52.3 Å². The summed E-state index contributed by atoms with van der Waals surface area (Å²) in [5.41, 5.74) is 0.244. The van der Waals surface area contributed by atoms with Gasteiger partial charge in [-0.25, -0.2) is 5.06 Å². The van der Waals surface area contributed by atoms with Crippen LogP contribution in [0.1, 0.15) is 65.2 Å². The molecule has 9 atom stereocenters. The van der Waals surface area contributed by atoms with Crippen molar-refractivity contribution >= 4 is 18.9 Å². The predicted molar refractivity (Wildman–Crippen MR) is 121 cm³/mol. The van der Waals surface area contributed by atoms with Crippen LogP contribution in [-0.2, 0) is 28.7 Å². The molecule has 4 fully saturated rings. The van der Waals surface area contributed by atoms with Crippen molar-refractivity contribution in [2.45, 2.75) is 65.2 Å². The summed E-state index contributed by atoms with van der Waals surface area (Å²) in [7, 11) is 3.29. The molecule has 186 valence electrons. The summed E-state index contributed by atoms with van der Waals surface area (Å²) in [6.07, 6.45) is 8.78. The van der Waals surface area contributed by atoms with E-state index in [-0.39, 0.29) is 34.5 Å². The molecule has 0 heterocycles. The lowest BCUT2D eigenvalue weighted by molar-refractivity contribution is -0.182. The van der Waals surface area contributed by atoms with Crippen LogP contribution in [-0.4, -0.2) is 51.3 Å². The first kappa shape index (κ1) is 24.5. The second-order valence-corrected chi connectivity index (χ2v) is 11.7. The second-order valence-electron chi connectivity index (χ2n) is 11.7. The third kappa shape index (κ3) is 4.08. The lowest BCUT2D eigenvalue weighted by Gasteiger charge is -2.62. The van der Waals surface area contributed by atoms with Crippen LogP contribution in [0.3, 0.4) is 0 Å². The summed E-state index contributed by atoms with van der Waals surface area (Å²) in [5, 5.41) is 1.42. The largest absolute Gasteiger partial charge is 0.468 e. The highest BCUT2D eigenvalue weighted by molar-refractivity contribution is 5.79. The number of hydrogen-bond donors (Lipinski definition) is 0. The molecule has 0 aliphatic heterocycles. The van der Waals surface area contributed by atoms with E-state index in [9.17, 15) is 14.4 Å². The Bertz CT molecular complexity index is 744. The van der Waals surface area contributed by atoms with Crippen molar-refractivity contribution in [3.8, 4) is 0 Å². The maximum Gasteiger partial charge on any atom is 0.293 e. The van der Waals surface area contributed by atoms with Gasteiger partial charge in [0, 0.05) is 13.0 Å². The number of rotatable bonds is 8. The van der Waals surface area contributed by atoms with E-state index in [4.69, 9.17) is 14.3 Å². The number of carbonyl (C=O) groups excluding carboxylic acids is 3. The maximum absolute atomic E-state index is 13.1. The Morgan fingerprint density at radius 2 is 1.61 bits per heavy atom. The number of fused-ring (bicyclic) bond motifs is 5. The van der Waals surface area contributed by atoms with E-state index in [0.29, 0.717) is 49.8 Å². The molecule has 4 saturated carbocycles. The molecule has 7 nitrogen and oxygen atoms in total. The minimum Gasteiger partial charge on any atom is -0.468 e. The van der Waals surface area contributed by atoms with Crippen molar-refractivity contribution in [1.82, 2.24) is 5.06 Å². The fourth-order valence-electron chi connectivity index (χ4n) is 8.97. The van der Waals surface area contributed by atoms with E-state index in [0.717, 1.165) is 38.5 Å². The summed E-state index contributed by atoms with van der Waals surface area (Å²) in [5.74, 6) is 3.10. The number of nitrogens with zero attached hydrogens (tertiary/aromatic N) is 1. The molecule has 2 unspecified atom stereocenters. The van der Waals surface area contributed by atoms with Crippen LogP contribution in [0.5, 0.6) is 0 Å². The Morgan fingerprint density at radius 3 is 2.27 bits per heavy atom. The van der Waals surface area contributed by atoms with E-state index in [2.05, 4.69) is 13.8 Å². The van der Waals surface area contributed by atoms with Crippen molar-refractivity contribution < 1.29 is 28.7 Å². The lowest BCUT2D eigenvalue weighted by atomic mass is 9.43. The Hall–Kier alpha value is -1.63. The molecule has 4 rings (SSSR count). The zero-order valence-electron chi connectivity index (χ0n) is 20.7. The minimum atomic E-state index is 0.0449. The van der Waals surface area contributed by atoms with Gasteiger partial charge in [-0.3, -0.25) is 19.2 Å². The quantitative estimate of drug-likeness (QED) is 0.402. The third-order valence-electron chi connectivity index (χ3n) is 10.7. The van der Waals surface area contributed by atoms with Gasteiger partial charge >= 0.3 is 0 Å². The average molecular weight is 464 g/mol. The highest BCUT2D eigenvalue weighted by Gasteiger charge is 2.62. The molecular formula is C26H41NO6. The zero-order chi connectivity index (χ0) is 23.8. The van der Waals surface area contributed by atoms with E-state index < -0.39 is 0 Å². The van der Waals surface area contributed by atoms with Crippen LogP contribution in [0.2, 0.25) is 0 Å². The number of amides is 1. The molecule has 0 saturated heterocycles. The highest BCUT2D eigenvalue weighted by Crippen LogP contribution is 2.68. The van der Waals surface area contributed by atoms with Gasteiger partial charge in [0.1, 0.15) is 0 Å². The number of hydrogen-bond acceptors (Lipinski definition) is 6. The second kappa shape index (κ2) is 9.55. The SMILES string of the molecule is CON(C)C(=O)[C@H]1CC[C@H]2[C@@H]3CC[C@H]4CC(COC=O)C(COC=O)C[C@]4(C)[C@H]3CC[C@]12C. The Kier molecular flexibility index (Phi) is 7.09. The summed E-state index contributed by atoms with van der Waals surface area (Å²) in [4.78, 5) is 40.1. The molecule has 0 aromatic carbocycles. The number of carbonyl (C=O) groups is 3. The maximum atomic E-state index is 13.1. The first-order valence-electron chi connectivity index (χ1n) is 12.7. The predicted octanol–water partition coefficient (Wildman–Crippen LogP) is 3.85. The van der Waals surface area contributed by atoms with Crippen molar-refractivity contribution in [2.75, 3.05) is 27.4 Å². The monoisotopic (exact) mass is 463 g/mol. The molecule has 0 aromatic rings. The fraction of sp³-hybridized carbons (Fsp3) is 0.885. The molecule has 1 amide bonds. The van der Waals surface area contributed by atoms with Gasteiger partial charge in [0.25, 0.3) is 12.9 Å². The fourth-order valence-corrected chi connectivity index (χ4v) is 8.97. The Labute approximate surface area is 197 Å². The Balaban J connectivity index is 1.54. The van der Waals surface area contributed by atoms with E-state index in [1.807, 2.05) is 0 Å². The van der Waals surface area contributed by atoms with Gasteiger partial charge in [-0.2, -0.15) is 0 Å². The average Bonchev–Trinajstić information content (AvgIpc) is 3.17. The molecule has 33 heavy (non-hydrogen) atoms. The zero-order valence-corrected chi connectivity index (χ0v) is 20.7. The lowest BCUT2D eigenvalue weighted by Crippen LogP contribution is -2.56. The van der Waals surface area contributed by atoms with Crippen LogP contribution in [0.4, 0.5) is 0 Å². The molecule has 4 aliphatic carbocycles. The Morgan fingerprint density at radius 1 is 0.939 bits per heavy atom. The van der Waals surface area contributed by atoms with Gasteiger partial charge in [0.05, 0.1) is 20.3 Å². The normalized spacial score (nSPS) is 44.1. The molecule has 4 aliphatic rings. The molecule has 0 bridgehead atoms. The van der Waals surface area contributed by atoms with Gasteiger partial charge in [-0.15, -0.1) is 0 Å². The van der Waals surface area contributed by atoms with E-state index in [1.54, 1.807) is 14.2 Å². The topological polar surface area (TPSA) is 82.1 Å². The first-order chi connectivity index (χ1) is 15.8. The molecule has 0 spiro atoms. The van der Waals surface area contributed by atoms with Crippen molar-refractivity contribution in [3.05, 3.63) is 0 Å². The smallest absolute Gasteiger partial charge is 0.293 e. The standard InChI is InChI=1S/C26H41NO6/c1-25-10-9-22-20(21(25)7-8-23(25)24(30)27(3)31-4)6-5-19-11-17(13-32-15-28)18(14-33-16-29)12-26(19,22)2/h15-23H,5-14H2,1-4H3/t17?,18?,19-,20-,21-,22-,23+,25-,26-/m0/s1. The van der Waals surface area contributed by atoms with Gasteiger partial charge in [0.15, 0.2) is 0 Å². The van der Waals surface area contributed by atoms with Crippen LogP contribution in [0.25, 0.3) is 0 Å². The van der Waals surface area contributed by atoms with Gasteiger partial charge < -0.3 is 9.47 Å². The molecule has 0 aromatic heterocycles. The summed E-state index contributed by atoms with van der Waals surface area (Å²) in [6.45, 7) is 6.71. The molecule has 7 heteroatoms. The summed E-state index contributed by atoms with van der Waals surface area (Å²) < 4.78 is 10.4. The molecule has 0 radical (unpaired) electrons. The summed E-state index contributed by atoms with van der Waals surface area (Å²) >= 11 is 0. The van der Waals surface area contributed by atoms with Crippen LogP contribution in [0.15, 0.2) is 0 Å². The van der Waals surface area contributed by atoms with Gasteiger partial charge in [-0.05, 0) is 97.7 Å². The summed E-state index contributed by atoms with van der Waals surface area (Å²) in [6, 6.07) is 0. The first-order valence-corrected chi connectivity index (χ1v) is 12.7. The molecular weight excluding hydrogens is 422 g/mol. The highest BCUT2D eigenvalue weighted by atomic mass is 16.7. The number of ether oxygens (including phenoxy) is 2. The van der Waals surface area contributed by atoms with Crippen LogP contribution < -0.4 is 0 Å². The van der Waals surface area contributed by atoms with Crippen molar-refractivity contribution in [1.29, 1.82) is 0 Å². The van der Waals surface area contributed by atoms with Crippen molar-refractivity contribution in [3.63, 3.8) is 0 Å². The van der Waals surface area contributed by atoms with Crippen LogP contribution in [0, 0.1) is 52.3 Å². The third-order valence-corrected chi connectivity index (χ3v) is 10.7. The van der Waals surface area contributed by atoms with Gasteiger partial charge in [0.2, 0.25) is 5.91 Å². The van der Waals surface area contributed by atoms with Gasteiger partial charge in [-0.1, -0.05) is 13.8 Å². The molecule has 0 N–H and O–H groups in total. The minimum absolute atomic E-state index is 0.0449. The van der Waals surface area contributed by atoms with Crippen LogP contribution >= 0.6 is 0 Å². The van der Waals surface area contributed by atoms with E-state index in [1.165, 1.54) is 17.9 Å². The van der Waals surface area contributed by atoms with E-state index >= 15 is 0 Å².